The number of Topliss-reactive ketones (excluding diaryl/α,β-unsaturated/α-hetero) is 2. The minimum atomic E-state index is -0.150. The Balaban J connectivity index is 1.95. The SMILES string of the molecule is CCCCC1C(=O)C(=O)C1N1CCNCC1. The van der Waals surface area contributed by atoms with Gasteiger partial charge in [-0.25, -0.2) is 0 Å². The molecule has 1 saturated heterocycles. The van der Waals surface area contributed by atoms with Gasteiger partial charge < -0.3 is 5.32 Å². The van der Waals surface area contributed by atoms with Crippen molar-refractivity contribution in [1.82, 2.24) is 10.2 Å². The minimum absolute atomic E-state index is 0.00875. The molecule has 2 unspecified atom stereocenters. The van der Waals surface area contributed by atoms with E-state index in [9.17, 15) is 9.59 Å². The summed E-state index contributed by atoms with van der Waals surface area (Å²) in [4.78, 5) is 25.3. The van der Waals surface area contributed by atoms with Gasteiger partial charge in [0.2, 0.25) is 11.6 Å². The Morgan fingerprint density at radius 2 is 1.94 bits per heavy atom. The Labute approximate surface area is 96.4 Å². The number of nitrogens with one attached hydrogen (secondary N) is 1. The third-order valence-corrected chi connectivity index (χ3v) is 3.64. The van der Waals surface area contributed by atoms with Crippen LogP contribution in [0.3, 0.4) is 0 Å². The van der Waals surface area contributed by atoms with E-state index in [-0.39, 0.29) is 23.5 Å². The van der Waals surface area contributed by atoms with Crippen LogP contribution in [0.5, 0.6) is 0 Å². The van der Waals surface area contributed by atoms with Gasteiger partial charge in [-0.3, -0.25) is 14.5 Å². The van der Waals surface area contributed by atoms with Gasteiger partial charge >= 0.3 is 0 Å². The highest BCUT2D eigenvalue weighted by Crippen LogP contribution is 2.30. The molecule has 0 aromatic rings. The normalized spacial score (nSPS) is 31.6. The maximum Gasteiger partial charge on any atom is 0.216 e. The first-order chi connectivity index (χ1) is 7.75. The number of carbonyl (C=O) groups excluding carboxylic acids is 2. The number of piperazine rings is 1. The summed E-state index contributed by atoms with van der Waals surface area (Å²) in [6.45, 7) is 5.76. The molecule has 1 aliphatic heterocycles. The van der Waals surface area contributed by atoms with E-state index < -0.39 is 0 Å². The van der Waals surface area contributed by atoms with Gasteiger partial charge in [0.1, 0.15) is 0 Å². The summed E-state index contributed by atoms with van der Waals surface area (Å²) < 4.78 is 0. The number of nitrogens with zero attached hydrogens (tertiary/aromatic N) is 1. The summed E-state index contributed by atoms with van der Waals surface area (Å²) in [7, 11) is 0. The van der Waals surface area contributed by atoms with Crippen LogP contribution in [-0.2, 0) is 9.59 Å². The molecule has 2 aliphatic rings. The van der Waals surface area contributed by atoms with Crippen molar-refractivity contribution in [2.75, 3.05) is 26.2 Å². The number of unbranched alkanes of at least 4 members (excludes halogenated alkanes) is 1. The molecule has 16 heavy (non-hydrogen) atoms. The fourth-order valence-electron chi connectivity index (χ4n) is 2.65. The lowest BCUT2D eigenvalue weighted by molar-refractivity contribution is -0.155. The van der Waals surface area contributed by atoms with E-state index >= 15 is 0 Å². The van der Waals surface area contributed by atoms with Crippen molar-refractivity contribution in [2.45, 2.75) is 32.2 Å². The molecule has 0 aromatic carbocycles. The van der Waals surface area contributed by atoms with Crippen molar-refractivity contribution >= 4 is 11.6 Å². The van der Waals surface area contributed by atoms with Gasteiger partial charge in [0.05, 0.1) is 6.04 Å². The second-order valence-electron chi connectivity index (χ2n) is 4.71. The van der Waals surface area contributed by atoms with E-state index in [1.54, 1.807) is 0 Å². The fraction of sp³-hybridized carbons (Fsp3) is 0.833. The first-order valence-corrected chi connectivity index (χ1v) is 6.28. The quantitative estimate of drug-likeness (QED) is 0.694. The van der Waals surface area contributed by atoms with Crippen LogP contribution in [0.4, 0.5) is 0 Å². The summed E-state index contributed by atoms with van der Waals surface area (Å²) >= 11 is 0. The molecule has 90 valence electrons. The van der Waals surface area contributed by atoms with Gasteiger partial charge in [-0.05, 0) is 6.42 Å². The molecule has 1 heterocycles. The van der Waals surface area contributed by atoms with Crippen LogP contribution in [0, 0.1) is 5.92 Å². The highest BCUT2D eigenvalue weighted by atomic mass is 16.2. The summed E-state index contributed by atoms with van der Waals surface area (Å²) in [5, 5.41) is 3.26. The molecule has 0 radical (unpaired) electrons. The van der Waals surface area contributed by atoms with Gasteiger partial charge in [0.15, 0.2) is 0 Å². The fourth-order valence-corrected chi connectivity index (χ4v) is 2.65. The van der Waals surface area contributed by atoms with Crippen LogP contribution >= 0.6 is 0 Å². The van der Waals surface area contributed by atoms with E-state index in [0.717, 1.165) is 45.4 Å². The highest BCUT2D eigenvalue weighted by Gasteiger charge is 2.51. The minimum Gasteiger partial charge on any atom is -0.314 e. The van der Waals surface area contributed by atoms with Crippen molar-refractivity contribution in [3.05, 3.63) is 0 Å². The Kier molecular flexibility index (Phi) is 3.71. The zero-order valence-electron chi connectivity index (χ0n) is 9.87. The number of carbonyl (C=O) groups is 2. The third kappa shape index (κ3) is 2.04. The van der Waals surface area contributed by atoms with E-state index in [4.69, 9.17) is 0 Å². The van der Waals surface area contributed by atoms with E-state index in [1.807, 2.05) is 0 Å². The van der Waals surface area contributed by atoms with Crippen LogP contribution in [-0.4, -0.2) is 48.7 Å². The monoisotopic (exact) mass is 224 g/mol. The highest BCUT2D eigenvalue weighted by molar-refractivity contribution is 6.47. The second-order valence-corrected chi connectivity index (χ2v) is 4.71. The summed E-state index contributed by atoms with van der Waals surface area (Å²) in [5.41, 5.74) is 0. The average Bonchev–Trinajstić information content (AvgIpc) is 2.34. The maximum absolute atomic E-state index is 11.6. The van der Waals surface area contributed by atoms with Crippen molar-refractivity contribution in [2.24, 2.45) is 5.92 Å². The number of rotatable bonds is 4. The zero-order valence-corrected chi connectivity index (χ0v) is 9.87. The van der Waals surface area contributed by atoms with Gasteiger partial charge in [-0.2, -0.15) is 0 Å². The first kappa shape index (κ1) is 11.7. The summed E-state index contributed by atoms with van der Waals surface area (Å²) in [6.07, 6.45) is 3.02. The average molecular weight is 224 g/mol. The lowest BCUT2D eigenvalue weighted by Gasteiger charge is -2.43. The van der Waals surface area contributed by atoms with E-state index in [0.29, 0.717) is 0 Å². The molecule has 2 atom stereocenters. The summed E-state index contributed by atoms with van der Waals surface area (Å²) in [6, 6.07) is -0.0962. The molecule has 0 spiro atoms. The predicted molar refractivity (Wildman–Crippen MR) is 61.3 cm³/mol. The molecule has 0 amide bonds. The Morgan fingerprint density at radius 3 is 2.56 bits per heavy atom. The molecular formula is C12H20N2O2. The molecular weight excluding hydrogens is 204 g/mol. The van der Waals surface area contributed by atoms with E-state index in [2.05, 4.69) is 17.1 Å². The van der Waals surface area contributed by atoms with Crippen LogP contribution in [0.1, 0.15) is 26.2 Å². The lowest BCUT2D eigenvalue weighted by Crippen LogP contribution is -2.64. The molecule has 0 bridgehead atoms. The number of hydrogen-bond donors (Lipinski definition) is 1. The first-order valence-electron chi connectivity index (χ1n) is 6.28. The molecule has 2 rings (SSSR count). The molecule has 0 aromatic heterocycles. The Hall–Kier alpha value is -0.740. The lowest BCUT2D eigenvalue weighted by atomic mass is 9.73. The van der Waals surface area contributed by atoms with Gasteiger partial charge in [0, 0.05) is 32.1 Å². The molecule has 4 nitrogen and oxygen atoms in total. The molecule has 1 N–H and O–H groups in total. The largest absolute Gasteiger partial charge is 0.314 e. The van der Waals surface area contributed by atoms with Crippen LogP contribution < -0.4 is 5.32 Å². The predicted octanol–water partition coefficient (Wildman–Crippen LogP) is 0.218. The molecule has 2 fully saturated rings. The Bertz CT molecular complexity index is 285. The standard InChI is InChI=1S/C12H20N2O2/c1-2-3-4-9-10(12(16)11(9)15)14-7-5-13-6-8-14/h9-10,13H,2-8H2,1H3. The molecule has 4 heteroatoms. The van der Waals surface area contributed by atoms with Gasteiger partial charge in [-0.1, -0.05) is 19.8 Å². The van der Waals surface area contributed by atoms with Crippen LogP contribution in [0.25, 0.3) is 0 Å². The van der Waals surface area contributed by atoms with Gasteiger partial charge in [0.25, 0.3) is 0 Å². The van der Waals surface area contributed by atoms with Crippen molar-refractivity contribution in [3.63, 3.8) is 0 Å². The molecule has 1 saturated carbocycles. The molecule has 1 aliphatic carbocycles. The Morgan fingerprint density at radius 1 is 1.25 bits per heavy atom. The van der Waals surface area contributed by atoms with Gasteiger partial charge in [-0.15, -0.1) is 0 Å². The smallest absolute Gasteiger partial charge is 0.216 e. The zero-order chi connectivity index (χ0) is 11.5. The van der Waals surface area contributed by atoms with E-state index in [1.165, 1.54) is 0 Å². The summed E-state index contributed by atoms with van der Waals surface area (Å²) in [5.74, 6) is -0.287. The van der Waals surface area contributed by atoms with Crippen LogP contribution in [0.15, 0.2) is 0 Å². The third-order valence-electron chi connectivity index (χ3n) is 3.64. The van der Waals surface area contributed by atoms with Crippen molar-refractivity contribution < 1.29 is 9.59 Å². The maximum atomic E-state index is 11.6. The number of ketones is 2. The topological polar surface area (TPSA) is 49.4 Å². The number of hydrogen-bond acceptors (Lipinski definition) is 4. The second kappa shape index (κ2) is 5.06. The van der Waals surface area contributed by atoms with Crippen molar-refractivity contribution in [1.29, 1.82) is 0 Å². The van der Waals surface area contributed by atoms with Crippen molar-refractivity contribution in [3.8, 4) is 0 Å². The van der Waals surface area contributed by atoms with Crippen LogP contribution in [0.2, 0.25) is 0 Å².